The van der Waals surface area contributed by atoms with Crippen LogP contribution in [0, 0.1) is 0 Å². The number of nitrogens with zero attached hydrogens (tertiary/aromatic N) is 2. The van der Waals surface area contributed by atoms with Gasteiger partial charge in [-0.25, -0.2) is 0 Å². The van der Waals surface area contributed by atoms with Gasteiger partial charge in [0.25, 0.3) is 0 Å². The summed E-state index contributed by atoms with van der Waals surface area (Å²) in [5.41, 5.74) is 0. The van der Waals surface area contributed by atoms with Crippen molar-refractivity contribution in [1.82, 2.24) is 9.80 Å². The molecule has 0 heterocycles. The van der Waals surface area contributed by atoms with E-state index in [1.54, 1.807) is 20.8 Å². The van der Waals surface area contributed by atoms with Gasteiger partial charge >= 0.3 is 0 Å². The van der Waals surface area contributed by atoms with Crippen molar-refractivity contribution in [1.29, 1.82) is 0 Å². The first-order valence-corrected chi connectivity index (χ1v) is 7.34. The van der Waals surface area contributed by atoms with E-state index >= 15 is 0 Å². The molecule has 116 valence electrons. The molecule has 0 saturated heterocycles. The van der Waals surface area contributed by atoms with Crippen LogP contribution in [0.25, 0.3) is 0 Å². The van der Waals surface area contributed by atoms with Crippen LogP contribution in [-0.4, -0.2) is 82.7 Å². The number of aliphatic hydroxyl groups excluding tert-OH is 3. The van der Waals surface area contributed by atoms with Crippen molar-refractivity contribution in [2.24, 2.45) is 0 Å². The lowest BCUT2D eigenvalue weighted by molar-refractivity contribution is 0.0684. The Labute approximate surface area is 117 Å². The van der Waals surface area contributed by atoms with Crippen LogP contribution in [0.5, 0.6) is 0 Å². The van der Waals surface area contributed by atoms with E-state index in [1.165, 1.54) is 0 Å². The lowest BCUT2D eigenvalue weighted by atomic mass is 10.2. The summed E-state index contributed by atoms with van der Waals surface area (Å²) in [6, 6.07) is 0. The third kappa shape index (κ3) is 11.3. The van der Waals surface area contributed by atoms with Crippen molar-refractivity contribution in [2.75, 3.05) is 39.3 Å². The van der Waals surface area contributed by atoms with Crippen molar-refractivity contribution in [3.63, 3.8) is 0 Å². The molecular weight excluding hydrogens is 244 g/mol. The Hall–Kier alpha value is -0.200. The molecule has 3 atom stereocenters. The van der Waals surface area contributed by atoms with Crippen LogP contribution in [0.2, 0.25) is 0 Å². The van der Waals surface area contributed by atoms with Crippen LogP contribution in [0.3, 0.4) is 0 Å². The topological polar surface area (TPSA) is 67.2 Å². The van der Waals surface area contributed by atoms with Crippen molar-refractivity contribution in [3.8, 4) is 0 Å². The average Bonchev–Trinajstić information content (AvgIpc) is 2.23. The van der Waals surface area contributed by atoms with Crippen molar-refractivity contribution < 1.29 is 15.3 Å². The maximum Gasteiger partial charge on any atom is 0.0639 e. The Morgan fingerprint density at radius 2 is 1.05 bits per heavy atom. The van der Waals surface area contributed by atoms with E-state index in [0.717, 1.165) is 26.1 Å². The second-order valence-corrected chi connectivity index (χ2v) is 5.61. The Balaban J connectivity index is 4.22. The van der Waals surface area contributed by atoms with Crippen LogP contribution in [0.1, 0.15) is 34.1 Å². The quantitative estimate of drug-likeness (QED) is 0.501. The Kier molecular flexibility index (Phi) is 10.5. The number of hydrogen-bond donors (Lipinski definition) is 3. The third-order valence-electron chi connectivity index (χ3n) is 2.84. The summed E-state index contributed by atoms with van der Waals surface area (Å²) in [7, 11) is 0. The molecule has 5 heteroatoms. The van der Waals surface area contributed by atoms with E-state index in [-0.39, 0.29) is 6.10 Å². The van der Waals surface area contributed by atoms with Gasteiger partial charge < -0.3 is 15.3 Å². The van der Waals surface area contributed by atoms with Gasteiger partial charge in [-0.3, -0.25) is 9.80 Å². The molecule has 0 spiro atoms. The molecule has 3 unspecified atom stereocenters. The van der Waals surface area contributed by atoms with Gasteiger partial charge in [0.05, 0.1) is 18.3 Å². The number of hydrogen-bond acceptors (Lipinski definition) is 5. The molecule has 19 heavy (non-hydrogen) atoms. The van der Waals surface area contributed by atoms with Crippen molar-refractivity contribution in [2.45, 2.75) is 52.4 Å². The fourth-order valence-corrected chi connectivity index (χ4v) is 2.27. The van der Waals surface area contributed by atoms with Crippen LogP contribution in [-0.2, 0) is 0 Å². The van der Waals surface area contributed by atoms with Crippen LogP contribution >= 0.6 is 0 Å². The van der Waals surface area contributed by atoms with Crippen LogP contribution in [0.15, 0.2) is 0 Å². The summed E-state index contributed by atoms with van der Waals surface area (Å²) in [5, 5.41) is 28.4. The second-order valence-electron chi connectivity index (χ2n) is 5.61. The highest BCUT2D eigenvalue weighted by molar-refractivity contribution is 4.68. The molecule has 5 nitrogen and oxygen atoms in total. The smallest absolute Gasteiger partial charge is 0.0639 e. The molecule has 0 rings (SSSR count). The maximum atomic E-state index is 9.47. The monoisotopic (exact) mass is 276 g/mol. The first-order valence-electron chi connectivity index (χ1n) is 7.34. The molecule has 0 bridgehead atoms. The minimum Gasteiger partial charge on any atom is -0.392 e. The van der Waals surface area contributed by atoms with E-state index in [2.05, 4.69) is 16.7 Å². The molecule has 0 aliphatic rings. The summed E-state index contributed by atoms with van der Waals surface area (Å²) in [5.74, 6) is 0. The van der Waals surface area contributed by atoms with E-state index in [0.29, 0.717) is 19.6 Å². The molecule has 3 N–H and O–H groups in total. The normalized spacial score (nSPS) is 16.9. The van der Waals surface area contributed by atoms with E-state index in [9.17, 15) is 15.3 Å². The summed E-state index contributed by atoms with van der Waals surface area (Å²) in [4.78, 5) is 4.29. The molecule has 0 fully saturated rings. The summed E-state index contributed by atoms with van der Waals surface area (Å²) >= 11 is 0. The first kappa shape index (κ1) is 18.8. The zero-order valence-corrected chi connectivity index (χ0v) is 12.9. The maximum absolute atomic E-state index is 9.47. The minimum absolute atomic E-state index is 0.325. The lowest BCUT2D eigenvalue weighted by Crippen LogP contribution is -2.43. The Morgan fingerprint density at radius 1 is 0.684 bits per heavy atom. The van der Waals surface area contributed by atoms with Gasteiger partial charge in [-0.05, 0) is 33.7 Å². The highest BCUT2D eigenvalue weighted by Gasteiger charge is 2.13. The molecule has 0 aliphatic heterocycles. The predicted octanol–water partition coefficient (Wildman–Crippen LogP) is 0.143. The highest BCUT2D eigenvalue weighted by Crippen LogP contribution is 2.00. The fraction of sp³-hybridized carbons (Fsp3) is 1.00. The molecular formula is C14H32N2O3. The molecule has 0 aromatic carbocycles. The molecule has 0 aliphatic carbocycles. The molecule has 0 aromatic heterocycles. The van der Waals surface area contributed by atoms with E-state index in [4.69, 9.17) is 0 Å². The fourth-order valence-electron chi connectivity index (χ4n) is 2.27. The summed E-state index contributed by atoms with van der Waals surface area (Å²) in [6.07, 6.45) is -0.0571. The van der Waals surface area contributed by atoms with Gasteiger partial charge in [0, 0.05) is 32.7 Å². The van der Waals surface area contributed by atoms with Crippen LogP contribution in [0.4, 0.5) is 0 Å². The van der Waals surface area contributed by atoms with Gasteiger partial charge in [0.2, 0.25) is 0 Å². The predicted molar refractivity (Wildman–Crippen MR) is 78.2 cm³/mol. The van der Waals surface area contributed by atoms with Gasteiger partial charge in [-0.15, -0.1) is 0 Å². The zero-order valence-electron chi connectivity index (χ0n) is 12.9. The van der Waals surface area contributed by atoms with Gasteiger partial charge in [-0.2, -0.15) is 0 Å². The van der Waals surface area contributed by atoms with E-state index < -0.39 is 12.2 Å². The van der Waals surface area contributed by atoms with Gasteiger partial charge in [0.15, 0.2) is 0 Å². The largest absolute Gasteiger partial charge is 0.392 e. The van der Waals surface area contributed by atoms with Crippen molar-refractivity contribution in [3.05, 3.63) is 0 Å². The standard InChI is InChI=1S/C14H32N2O3/c1-5-6-15(9-12(2)17)7-8-16(10-13(3)18)11-14(4)19/h12-14,17-19H,5-11H2,1-4H3. The molecule has 0 amide bonds. The minimum atomic E-state index is -0.393. The van der Waals surface area contributed by atoms with E-state index in [1.807, 2.05) is 0 Å². The molecule has 0 saturated carbocycles. The Morgan fingerprint density at radius 3 is 1.42 bits per heavy atom. The third-order valence-corrected chi connectivity index (χ3v) is 2.84. The molecule has 0 aromatic rings. The van der Waals surface area contributed by atoms with Gasteiger partial charge in [0.1, 0.15) is 0 Å². The average molecular weight is 276 g/mol. The van der Waals surface area contributed by atoms with Crippen molar-refractivity contribution >= 4 is 0 Å². The van der Waals surface area contributed by atoms with Crippen LogP contribution < -0.4 is 0 Å². The first-order chi connectivity index (χ1) is 8.85. The summed E-state index contributed by atoms with van der Waals surface area (Å²) < 4.78 is 0. The number of rotatable bonds is 11. The lowest BCUT2D eigenvalue weighted by Gasteiger charge is -2.29. The zero-order chi connectivity index (χ0) is 14.8. The van der Waals surface area contributed by atoms with Gasteiger partial charge in [-0.1, -0.05) is 6.92 Å². The second kappa shape index (κ2) is 10.6. The SMILES string of the molecule is CCCN(CCN(CC(C)O)CC(C)O)CC(C)O. The summed E-state index contributed by atoms with van der Waals surface area (Å²) in [6.45, 7) is 11.8. The number of aliphatic hydroxyl groups is 3. The highest BCUT2D eigenvalue weighted by atomic mass is 16.3. The Bertz CT molecular complexity index is 201. The molecule has 0 radical (unpaired) electrons.